The van der Waals surface area contributed by atoms with Crippen LogP contribution in [0.3, 0.4) is 0 Å². The molecule has 0 saturated carbocycles. The first-order valence-electron chi connectivity index (χ1n) is 13.6. The number of rotatable bonds is 7. The molecule has 1 N–H and O–H groups in total. The molecule has 0 unspecified atom stereocenters. The summed E-state index contributed by atoms with van der Waals surface area (Å²) in [5.41, 5.74) is 4.68. The van der Waals surface area contributed by atoms with E-state index in [2.05, 4.69) is 52.0 Å². The largest absolute Gasteiger partial charge is 0.573 e. The predicted molar refractivity (Wildman–Crippen MR) is 164 cm³/mol. The van der Waals surface area contributed by atoms with Crippen molar-refractivity contribution in [1.29, 1.82) is 0 Å². The van der Waals surface area contributed by atoms with Crippen LogP contribution in [0.25, 0.3) is 22.9 Å². The van der Waals surface area contributed by atoms with Crippen molar-refractivity contribution in [1.82, 2.24) is 20.1 Å². The van der Waals surface area contributed by atoms with Crippen LogP contribution in [0.2, 0.25) is 0 Å². The van der Waals surface area contributed by atoms with Crippen molar-refractivity contribution < 1.29 is 27.1 Å². The van der Waals surface area contributed by atoms with E-state index in [4.69, 9.17) is 0 Å². The Bertz CT molecular complexity index is 1700. The fraction of sp³-hybridized carbons (Fsp3) is 0.226. The Labute approximate surface area is 255 Å². The van der Waals surface area contributed by atoms with Gasteiger partial charge in [0.05, 0.1) is 5.69 Å². The maximum absolute atomic E-state index is 14.9. The van der Waals surface area contributed by atoms with Crippen LogP contribution in [0.5, 0.6) is 5.75 Å². The topological polar surface area (TPSA) is 84.6 Å². The van der Waals surface area contributed by atoms with E-state index in [0.29, 0.717) is 34.7 Å². The molecule has 228 valence electrons. The van der Waals surface area contributed by atoms with Gasteiger partial charge < -0.3 is 15.0 Å². The average Bonchev–Trinajstić information content (AvgIpc) is 3.66. The number of anilines is 1. The number of aliphatic imine (C=N–C) groups is 1. The Balaban J connectivity index is 1.23. The molecule has 8 nitrogen and oxygen atoms in total. The number of nitrogens with zero attached hydrogens (tertiary/aromatic N) is 5. The second-order valence-electron chi connectivity index (χ2n) is 10.1. The lowest BCUT2D eigenvalue weighted by Crippen LogP contribution is -2.27. The number of alkyl halides is 3. The standard InChI is InChI=1S/C31H28F4N6O2S/c1-19(2)27-20(3)5-4-6-26(27)40-15-16-44-30(40)38-29(42)36-17-25(32)21-7-9-22(10-8-21)28-37-18-41(39-28)23-11-13-24(14-12-23)43-31(33,34)35/h4-14,17-19H,15-16H2,1-3H3,(H,36,42)/b25-17-,38-30?. The molecule has 0 spiro atoms. The number of nitrogens with one attached hydrogen (secondary N) is 1. The van der Waals surface area contributed by atoms with E-state index in [1.807, 2.05) is 17.0 Å². The molecule has 0 atom stereocenters. The number of aryl methyl sites for hydroxylation is 1. The molecule has 1 aliphatic heterocycles. The van der Waals surface area contributed by atoms with E-state index in [9.17, 15) is 22.4 Å². The maximum Gasteiger partial charge on any atom is 0.573 e. The van der Waals surface area contributed by atoms with Gasteiger partial charge >= 0.3 is 12.4 Å². The van der Waals surface area contributed by atoms with Crippen LogP contribution < -0.4 is 15.0 Å². The van der Waals surface area contributed by atoms with Crippen LogP contribution >= 0.6 is 11.8 Å². The van der Waals surface area contributed by atoms with Gasteiger partial charge in [-0.2, -0.15) is 4.99 Å². The molecular weight excluding hydrogens is 596 g/mol. The van der Waals surface area contributed by atoms with Gasteiger partial charge in [-0.1, -0.05) is 62.0 Å². The Morgan fingerprint density at radius 2 is 1.82 bits per heavy atom. The van der Waals surface area contributed by atoms with E-state index < -0.39 is 18.2 Å². The second kappa shape index (κ2) is 12.9. The van der Waals surface area contributed by atoms with Crippen LogP contribution in [-0.2, 0) is 0 Å². The summed E-state index contributed by atoms with van der Waals surface area (Å²) in [6, 6.07) is 16.8. The number of ether oxygens (including phenoxy) is 1. The number of carbonyl (C=O) groups is 1. The molecular formula is C31H28F4N6O2S. The fourth-order valence-electron chi connectivity index (χ4n) is 4.80. The van der Waals surface area contributed by atoms with Crippen LogP contribution in [0.15, 0.2) is 84.2 Å². The number of hydrogen-bond acceptors (Lipinski definition) is 5. The molecule has 3 aromatic carbocycles. The first kappa shape index (κ1) is 30.8. The zero-order valence-corrected chi connectivity index (χ0v) is 24.8. The molecule has 4 aromatic rings. The van der Waals surface area contributed by atoms with Crippen molar-refractivity contribution in [3.63, 3.8) is 0 Å². The van der Waals surface area contributed by atoms with Crippen LogP contribution in [0.1, 0.15) is 36.5 Å². The smallest absolute Gasteiger partial charge is 0.406 e. The molecule has 1 saturated heterocycles. The van der Waals surface area contributed by atoms with E-state index in [-0.39, 0.29) is 11.3 Å². The fourth-order valence-corrected chi connectivity index (χ4v) is 5.75. The van der Waals surface area contributed by atoms with Gasteiger partial charge in [-0.25, -0.2) is 18.9 Å². The van der Waals surface area contributed by atoms with Crippen LogP contribution in [-0.4, -0.2) is 44.6 Å². The van der Waals surface area contributed by atoms with Gasteiger partial charge in [0.15, 0.2) is 11.0 Å². The molecule has 0 radical (unpaired) electrons. The van der Waals surface area contributed by atoms with Gasteiger partial charge in [0.2, 0.25) is 0 Å². The van der Waals surface area contributed by atoms with E-state index in [1.165, 1.54) is 70.3 Å². The molecule has 1 aromatic heterocycles. The molecule has 44 heavy (non-hydrogen) atoms. The first-order valence-corrected chi connectivity index (χ1v) is 14.6. The predicted octanol–water partition coefficient (Wildman–Crippen LogP) is 7.85. The normalized spacial score (nSPS) is 14.9. The van der Waals surface area contributed by atoms with E-state index >= 15 is 0 Å². The summed E-state index contributed by atoms with van der Waals surface area (Å²) in [6.45, 7) is 7.04. The number of benzene rings is 3. The van der Waals surface area contributed by atoms with Crippen molar-refractivity contribution in [2.45, 2.75) is 33.1 Å². The van der Waals surface area contributed by atoms with E-state index in [1.54, 1.807) is 12.1 Å². The van der Waals surface area contributed by atoms with Crippen molar-refractivity contribution in [3.8, 4) is 22.8 Å². The van der Waals surface area contributed by atoms with Crippen LogP contribution in [0, 0.1) is 6.92 Å². The minimum Gasteiger partial charge on any atom is -0.406 e. The van der Waals surface area contributed by atoms with Gasteiger partial charge in [-0.05, 0) is 54.3 Å². The molecule has 5 rings (SSSR count). The highest BCUT2D eigenvalue weighted by Gasteiger charge is 2.31. The lowest BCUT2D eigenvalue weighted by molar-refractivity contribution is -0.274. The molecule has 2 amide bonds. The summed E-state index contributed by atoms with van der Waals surface area (Å²) < 4.78 is 57.3. The van der Waals surface area contributed by atoms with Gasteiger partial charge in [0, 0.05) is 35.3 Å². The third-order valence-corrected chi connectivity index (χ3v) is 7.67. The van der Waals surface area contributed by atoms with Crippen molar-refractivity contribution >= 4 is 34.5 Å². The summed E-state index contributed by atoms with van der Waals surface area (Å²) >= 11 is 1.47. The highest BCUT2D eigenvalue weighted by molar-refractivity contribution is 8.14. The summed E-state index contributed by atoms with van der Waals surface area (Å²) in [5, 5.41) is 7.31. The number of amides is 2. The zero-order valence-electron chi connectivity index (χ0n) is 24.0. The number of halogens is 4. The number of hydrogen-bond donors (Lipinski definition) is 1. The monoisotopic (exact) mass is 624 g/mol. The Kier molecular flexibility index (Phi) is 9.04. The molecule has 0 aliphatic carbocycles. The SMILES string of the molecule is Cc1cccc(N2CCSC2=NC(=O)N/C=C(\F)c2ccc(-c3ncn(-c4ccc(OC(F)(F)F)cc4)n3)cc2)c1C(C)C. The lowest BCUT2D eigenvalue weighted by atomic mass is 9.95. The summed E-state index contributed by atoms with van der Waals surface area (Å²) in [6.07, 6.45) is -2.40. The molecule has 0 bridgehead atoms. The van der Waals surface area contributed by atoms with Crippen molar-refractivity contribution in [3.05, 3.63) is 95.9 Å². The minimum absolute atomic E-state index is 0.222. The summed E-state index contributed by atoms with van der Waals surface area (Å²) in [7, 11) is 0. The maximum atomic E-state index is 14.9. The van der Waals surface area contributed by atoms with Gasteiger partial charge in [0.25, 0.3) is 0 Å². The van der Waals surface area contributed by atoms with Crippen molar-refractivity contribution in [2.75, 3.05) is 17.2 Å². The van der Waals surface area contributed by atoms with E-state index in [0.717, 1.165) is 17.6 Å². The number of amidine groups is 1. The lowest BCUT2D eigenvalue weighted by Gasteiger charge is -2.24. The number of aromatic nitrogens is 3. The Hall–Kier alpha value is -4.65. The summed E-state index contributed by atoms with van der Waals surface area (Å²) in [4.78, 5) is 23.1. The van der Waals surface area contributed by atoms with Gasteiger partial charge in [0.1, 0.15) is 17.9 Å². The first-order chi connectivity index (χ1) is 21.0. The number of thioether (sulfide) groups is 1. The van der Waals surface area contributed by atoms with Gasteiger partial charge in [-0.3, -0.25) is 0 Å². The Morgan fingerprint density at radius 3 is 2.50 bits per heavy atom. The molecule has 1 fully saturated rings. The second-order valence-corrected chi connectivity index (χ2v) is 11.2. The number of carbonyl (C=O) groups excluding carboxylic acids is 1. The highest BCUT2D eigenvalue weighted by Crippen LogP contribution is 2.34. The number of urea groups is 1. The van der Waals surface area contributed by atoms with Crippen molar-refractivity contribution in [2.24, 2.45) is 4.99 Å². The summed E-state index contributed by atoms with van der Waals surface area (Å²) in [5.74, 6) is 0.391. The third kappa shape index (κ3) is 7.28. The Morgan fingerprint density at radius 1 is 1.09 bits per heavy atom. The minimum atomic E-state index is -4.78. The molecule has 13 heteroatoms. The van der Waals surface area contributed by atoms with Crippen LogP contribution in [0.4, 0.5) is 28.0 Å². The zero-order chi connectivity index (χ0) is 31.4. The highest BCUT2D eigenvalue weighted by atomic mass is 32.2. The third-order valence-electron chi connectivity index (χ3n) is 6.71. The molecule has 2 heterocycles. The quantitative estimate of drug-likeness (QED) is 0.211. The van der Waals surface area contributed by atoms with Gasteiger partial charge in [-0.15, -0.1) is 18.3 Å². The average molecular weight is 625 g/mol. The molecule has 1 aliphatic rings.